The molecule has 0 amide bonds. The van der Waals surface area contributed by atoms with E-state index in [4.69, 9.17) is 24.3 Å². The molecule has 1 saturated heterocycles. The molecule has 0 aromatic carbocycles. The molecule has 3 heterocycles. The predicted octanol–water partition coefficient (Wildman–Crippen LogP) is 7.23. The standard InChI is InChI=1S/C31H52N5O6P/c1-2-3-4-5-6-7-8-9-10-11-12-13-14-15-16-21-39-22-23-40-43(37,38)41-24-27-19-20-31(25-32,42-27)29-18-17-28-30(33)34-26-35-36(28)29/h17-18,26-27H,2-16,19-24H2,1H3,(H,37,38)(H2,33,34,35)/t27-,31-/m0/s1. The summed E-state index contributed by atoms with van der Waals surface area (Å²) in [5, 5.41) is 14.1. The zero-order chi connectivity index (χ0) is 30.8. The summed E-state index contributed by atoms with van der Waals surface area (Å²) in [7, 11) is -4.28. The number of hydrogen-bond acceptors (Lipinski definition) is 9. The Morgan fingerprint density at radius 3 is 2.26 bits per heavy atom. The van der Waals surface area contributed by atoms with Gasteiger partial charge in [-0.3, -0.25) is 9.05 Å². The predicted molar refractivity (Wildman–Crippen MR) is 166 cm³/mol. The number of fused-ring (bicyclic) bond motifs is 1. The highest BCUT2D eigenvalue weighted by Gasteiger charge is 2.45. The van der Waals surface area contributed by atoms with Crippen molar-refractivity contribution < 1.29 is 28.0 Å². The molecule has 12 heteroatoms. The molecule has 2 aromatic rings. The van der Waals surface area contributed by atoms with E-state index in [-0.39, 0.29) is 19.8 Å². The van der Waals surface area contributed by atoms with Crippen molar-refractivity contribution in [2.45, 2.75) is 128 Å². The Hall–Kier alpha value is -2.06. The van der Waals surface area contributed by atoms with Crippen LogP contribution in [0.25, 0.3) is 5.52 Å². The average Bonchev–Trinajstić information content (AvgIpc) is 3.63. The molecular weight excluding hydrogens is 569 g/mol. The van der Waals surface area contributed by atoms with Crippen LogP contribution in [0.2, 0.25) is 0 Å². The van der Waals surface area contributed by atoms with Gasteiger partial charge in [0.1, 0.15) is 17.9 Å². The maximum atomic E-state index is 12.3. The van der Waals surface area contributed by atoms with E-state index in [1.165, 1.54) is 94.3 Å². The van der Waals surface area contributed by atoms with Crippen molar-refractivity contribution in [3.05, 3.63) is 24.2 Å². The molecule has 3 N–H and O–H groups in total. The van der Waals surface area contributed by atoms with Crippen molar-refractivity contribution >= 4 is 19.2 Å². The SMILES string of the molecule is CCCCCCCCCCCCCCCCCOCCOP(=O)(O)OC[C@@H]1CC[C@](C#N)(c2ccc3c(N)ncnn23)O1. The van der Waals surface area contributed by atoms with Gasteiger partial charge in [-0.1, -0.05) is 96.8 Å². The summed E-state index contributed by atoms with van der Waals surface area (Å²) in [6.45, 7) is 2.86. The molecule has 0 aliphatic carbocycles. The maximum absolute atomic E-state index is 12.3. The molecule has 0 bridgehead atoms. The van der Waals surface area contributed by atoms with Crippen LogP contribution in [0.15, 0.2) is 18.5 Å². The van der Waals surface area contributed by atoms with E-state index in [1.807, 2.05) is 0 Å². The topological polar surface area (TPSA) is 154 Å². The van der Waals surface area contributed by atoms with Crippen LogP contribution in [-0.2, 0) is 28.7 Å². The van der Waals surface area contributed by atoms with Crippen molar-refractivity contribution in [3.63, 3.8) is 0 Å². The Morgan fingerprint density at radius 2 is 1.63 bits per heavy atom. The van der Waals surface area contributed by atoms with Gasteiger partial charge in [0.2, 0.25) is 0 Å². The number of nitriles is 1. The first kappa shape index (κ1) is 35.4. The fraction of sp³-hybridized carbons (Fsp3) is 0.774. The zero-order valence-electron chi connectivity index (χ0n) is 26.0. The van der Waals surface area contributed by atoms with Gasteiger partial charge in [-0.05, 0) is 31.4 Å². The monoisotopic (exact) mass is 621 g/mol. The largest absolute Gasteiger partial charge is 0.472 e. The molecule has 0 radical (unpaired) electrons. The lowest BCUT2D eigenvalue weighted by Crippen LogP contribution is -2.28. The molecule has 1 aliphatic heterocycles. The van der Waals surface area contributed by atoms with Crippen LogP contribution in [0.3, 0.4) is 0 Å². The lowest BCUT2D eigenvalue weighted by Gasteiger charge is -2.22. The maximum Gasteiger partial charge on any atom is 0.472 e. The second-order valence-electron chi connectivity index (χ2n) is 11.5. The summed E-state index contributed by atoms with van der Waals surface area (Å²) < 4.78 is 35.6. The molecule has 3 rings (SSSR count). The molecule has 2 aromatic heterocycles. The normalized spacial score (nSPS) is 20.0. The Balaban J connectivity index is 1.17. The summed E-state index contributed by atoms with van der Waals surface area (Å²) in [6, 6.07) is 5.69. The van der Waals surface area contributed by atoms with Crippen molar-refractivity contribution in [3.8, 4) is 6.07 Å². The number of hydrogen-bond donors (Lipinski definition) is 2. The van der Waals surface area contributed by atoms with E-state index < -0.39 is 19.5 Å². The average molecular weight is 622 g/mol. The highest BCUT2D eigenvalue weighted by atomic mass is 31.2. The third-order valence-corrected chi connectivity index (χ3v) is 9.04. The lowest BCUT2D eigenvalue weighted by molar-refractivity contribution is -0.0342. The van der Waals surface area contributed by atoms with Crippen molar-refractivity contribution in [1.82, 2.24) is 14.6 Å². The van der Waals surface area contributed by atoms with E-state index in [0.717, 1.165) is 12.8 Å². The summed E-state index contributed by atoms with van der Waals surface area (Å²) in [5.41, 5.74) is 5.73. The van der Waals surface area contributed by atoms with E-state index in [0.29, 0.717) is 36.5 Å². The van der Waals surface area contributed by atoms with Gasteiger partial charge in [0.25, 0.3) is 0 Å². The number of unbranched alkanes of at least 4 members (excludes halogenated alkanes) is 14. The quantitative estimate of drug-likeness (QED) is 0.0906. The van der Waals surface area contributed by atoms with E-state index >= 15 is 0 Å². The first-order chi connectivity index (χ1) is 20.9. The number of aromatic nitrogens is 3. The molecule has 1 unspecified atom stereocenters. The Labute approximate surface area is 257 Å². The molecule has 11 nitrogen and oxygen atoms in total. The highest BCUT2D eigenvalue weighted by molar-refractivity contribution is 7.47. The first-order valence-electron chi connectivity index (χ1n) is 16.3. The minimum atomic E-state index is -4.28. The Kier molecular flexibility index (Phi) is 15.9. The number of nitrogens with zero attached hydrogens (tertiary/aromatic N) is 4. The van der Waals surface area contributed by atoms with Crippen LogP contribution in [0.1, 0.15) is 122 Å². The number of ether oxygens (including phenoxy) is 2. The summed E-state index contributed by atoms with van der Waals surface area (Å²) in [4.78, 5) is 14.0. The number of phosphoric acid groups is 1. The van der Waals surface area contributed by atoms with Gasteiger partial charge in [0, 0.05) is 6.61 Å². The van der Waals surface area contributed by atoms with Crippen LogP contribution < -0.4 is 5.73 Å². The van der Waals surface area contributed by atoms with E-state index in [1.54, 1.807) is 12.1 Å². The number of phosphoric ester groups is 1. The highest BCUT2D eigenvalue weighted by Crippen LogP contribution is 2.45. The molecule has 3 atom stereocenters. The Morgan fingerprint density at radius 1 is 1.00 bits per heavy atom. The van der Waals surface area contributed by atoms with Gasteiger partial charge in [-0.2, -0.15) is 10.4 Å². The minimum absolute atomic E-state index is 0.0442. The van der Waals surface area contributed by atoms with Crippen LogP contribution in [0.5, 0.6) is 0 Å². The Bertz CT molecular complexity index is 1160. The first-order valence-corrected chi connectivity index (χ1v) is 17.8. The van der Waals surface area contributed by atoms with Crippen LogP contribution in [0.4, 0.5) is 5.82 Å². The van der Waals surface area contributed by atoms with Crippen molar-refractivity contribution in [2.24, 2.45) is 0 Å². The second kappa shape index (κ2) is 19.4. The third kappa shape index (κ3) is 12.1. The van der Waals surface area contributed by atoms with Gasteiger partial charge >= 0.3 is 7.82 Å². The van der Waals surface area contributed by atoms with Gasteiger partial charge < -0.3 is 20.1 Å². The summed E-state index contributed by atoms with van der Waals surface area (Å²) in [5.74, 6) is 0.296. The molecule has 242 valence electrons. The summed E-state index contributed by atoms with van der Waals surface area (Å²) in [6.07, 6.45) is 21.3. The number of anilines is 1. The fourth-order valence-electron chi connectivity index (χ4n) is 5.57. The van der Waals surface area contributed by atoms with E-state index in [9.17, 15) is 14.7 Å². The molecule has 0 saturated carbocycles. The third-order valence-electron chi connectivity index (χ3n) is 8.06. The lowest BCUT2D eigenvalue weighted by atomic mass is 9.98. The van der Waals surface area contributed by atoms with Gasteiger partial charge in [0.15, 0.2) is 11.4 Å². The number of rotatable bonds is 24. The van der Waals surface area contributed by atoms with Crippen LogP contribution in [-0.4, -0.2) is 52.0 Å². The van der Waals surface area contributed by atoms with Crippen LogP contribution in [0, 0.1) is 11.3 Å². The molecule has 1 aliphatic rings. The molecule has 43 heavy (non-hydrogen) atoms. The van der Waals surface area contributed by atoms with Gasteiger partial charge in [-0.15, -0.1) is 0 Å². The minimum Gasteiger partial charge on any atom is -0.382 e. The van der Waals surface area contributed by atoms with Crippen molar-refractivity contribution in [2.75, 3.05) is 32.2 Å². The molecular formula is C31H52N5O6P. The number of nitrogens with two attached hydrogens (primary N) is 1. The van der Waals surface area contributed by atoms with Gasteiger partial charge in [0.05, 0.1) is 31.6 Å². The summed E-state index contributed by atoms with van der Waals surface area (Å²) >= 11 is 0. The fourth-order valence-corrected chi connectivity index (χ4v) is 6.31. The smallest absolute Gasteiger partial charge is 0.382 e. The zero-order valence-corrected chi connectivity index (χ0v) is 26.9. The van der Waals surface area contributed by atoms with Crippen LogP contribution >= 0.6 is 7.82 Å². The van der Waals surface area contributed by atoms with Crippen molar-refractivity contribution in [1.29, 1.82) is 5.26 Å². The van der Waals surface area contributed by atoms with Gasteiger partial charge in [-0.25, -0.2) is 14.1 Å². The van der Waals surface area contributed by atoms with E-state index in [2.05, 4.69) is 23.1 Å². The molecule has 0 spiro atoms. The second-order valence-corrected chi connectivity index (χ2v) is 13.0. The molecule has 1 fully saturated rings. The number of nitrogen functional groups attached to an aromatic ring is 1.